The first-order valence-electron chi connectivity index (χ1n) is 9.19. The number of carbonyl (C=O) groups excluding carboxylic acids is 1. The van der Waals surface area contributed by atoms with Gasteiger partial charge < -0.3 is 19.4 Å². The third-order valence-electron chi connectivity index (χ3n) is 6.00. The summed E-state index contributed by atoms with van der Waals surface area (Å²) in [4.78, 5) is 27.0. The van der Waals surface area contributed by atoms with Crippen LogP contribution in [0.4, 0.5) is 0 Å². The summed E-state index contributed by atoms with van der Waals surface area (Å²) in [5.41, 5.74) is 1.30. The van der Waals surface area contributed by atoms with Crippen molar-refractivity contribution in [1.29, 1.82) is 0 Å². The molecule has 26 heavy (non-hydrogen) atoms. The average Bonchev–Trinajstić information content (AvgIpc) is 3.15. The van der Waals surface area contributed by atoms with Crippen LogP contribution in [0, 0.1) is 11.3 Å². The van der Waals surface area contributed by atoms with Crippen molar-refractivity contribution in [2.24, 2.45) is 11.3 Å². The van der Waals surface area contributed by atoms with E-state index < -0.39 is 5.76 Å². The highest BCUT2D eigenvalue weighted by Gasteiger charge is 2.48. The molecule has 2 fully saturated rings. The van der Waals surface area contributed by atoms with Crippen LogP contribution in [0.3, 0.4) is 0 Å². The molecule has 7 nitrogen and oxygen atoms in total. The lowest BCUT2D eigenvalue weighted by atomic mass is 9.71. The Bertz CT molecular complexity index is 850. The molecule has 1 atom stereocenters. The summed E-state index contributed by atoms with van der Waals surface area (Å²) >= 11 is 0. The first-order chi connectivity index (χ1) is 12.6. The van der Waals surface area contributed by atoms with Crippen molar-refractivity contribution in [1.82, 2.24) is 14.8 Å². The van der Waals surface area contributed by atoms with Crippen LogP contribution in [0.15, 0.2) is 33.5 Å². The Hall–Kier alpha value is -2.12. The Morgan fingerprint density at radius 1 is 1.35 bits per heavy atom. The molecule has 1 N–H and O–H groups in total. The lowest BCUT2D eigenvalue weighted by molar-refractivity contribution is -0.131. The molecule has 140 valence electrons. The number of carbonyl (C=O) groups is 1. The van der Waals surface area contributed by atoms with E-state index in [4.69, 9.17) is 9.15 Å². The van der Waals surface area contributed by atoms with Crippen molar-refractivity contribution in [2.45, 2.75) is 19.4 Å². The summed E-state index contributed by atoms with van der Waals surface area (Å²) in [6, 6.07) is 7.20. The fraction of sp³-hybridized carbons (Fsp3) is 0.579. The Morgan fingerprint density at radius 2 is 2.12 bits per heavy atom. The van der Waals surface area contributed by atoms with E-state index in [1.807, 2.05) is 17.0 Å². The maximum atomic E-state index is 13.0. The highest BCUT2D eigenvalue weighted by molar-refractivity contribution is 5.80. The average molecular weight is 359 g/mol. The molecule has 2 saturated heterocycles. The highest BCUT2D eigenvalue weighted by atomic mass is 16.5. The number of nitrogens with zero attached hydrogens (tertiary/aromatic N) is 2. The molecule has 1 aromatic heterocycles. The van der Waals surface area contributed by atoms with Gasteiger partial charge in [-0.05, 0) is 43.5 Å². The van der Waals surface area contributed by atoms with Gasteiger partial charge in [-0.25, -0.2) is 4.79 Å². The van der Waals surface area contributed by atoms with Gasteiger partial charge in [0, 0.05) is 26.1 Å². The first-order valence-corrected chi connectivity index (χ1v) is 9.19. The fourth-order valence-corrected chi connectivity index (χ4v) is 4.54. The maximum Gasteiger partial charge on any atom is 0.420 e. The molecule has 3 heterocycles. The van der Waals surface area contributed by atoms with Gasteiger partial charge in [0.05, 0.1) is 12.1 Å². The number of fused-ring (bicyclic) bond motifs is 1. The lowest BCUT2D eigenvalue weighted by Crippen LogP contribution is -2.43. The van der Waals surface area contributed by atoms with Crippen LogP contribution >= 0.6 is 0 Å². The Kier molecular flexibility index (Phi) is 4.58. The number of methoxy groups -OCH3 is 1. The number of amides is 1. The van der Waals surface area contributed by atoms with Gasteiger partial charge >= 0.3 is 5.76 Å². The second-order valence-electron chi connectivity index (χ2n) is 7.46. The molecule has 7 heteroatoms. The quantitative estimate of drug-likeness (QED) is 0.884. The summed E-state index contributed by atoms with van der Waals surface area (Å²) < 4.78 is 12.1. The van der Waals surface area contributed by atoms with Gasteiger partial charge in [0.25, 0.3) is 0 Å². The van der Waals surface area contributed by atoms with Crippen molar-refractivity contribution in [3.8, 4) is 0 Å². The van der Waals surface area contributed by atoms with E-state index in [2.05, 4.69) is 5.32 Å². The minimum atomic E-state index is -0.483. The SMILES string of the molecule is COCC1CN(C(=O)Cn2c(=O)oc3ccccc32)CC12CCNCC2. The van der Waals surface area contributed by atoms with Crippen molar-refractivity contribution in [3.05, 3.63) is 34.8 Å². The van der Waals surface area contributed by atoms with Crippen molar-refractivity contribution >= 4 is 17.0 Å². The van der Waals surface area contributed by atoms with E-state index in [1.165, 1.54) is 4.57 Å². The number of benzene rings is 1. The van der Waals surface area contributed by atoms with Crippen LogP contribution in [0.25, 0.3) is 11.1 Å². The van der Waals surface area contributed by atoms with Gasteiger partial charge in [0.1, 0.15) is 6.54 Å². The highest BCUT2D eigenvalue weighted by Crippen LogP contribution is 2.43. The molecule has 2 aromatic rings. The van der Waals surface area contributed by atoms with E-state index >= 15 is 0 Å². The third-order valence-corrected chi connectivity index (χ3v) is 6.00. The second kappa shape index (κ2) is 6.89. The van der Waals surface area contributed by atoms with Crippen molar-refractivity contribution in [2.75, 3.05) is 39.9 Å². The molecular weight excluding hydrogens is 334 g/mol. The maximum absolute atomic E-state index is 13.0. The summed E-state index contributed by atoms with van der Waals surface area (Å²) in [5.74, 6) is -0.171. The summed E-state index contributed by atoms with van der Waals surface area (Å²) in [6.45, 7) is 4.08. The number of nitrogens with one attached hydrogen (secondary N) is 1. The molecular formula is C19H25N3O4. The third kappa shape index (κ3) is 2.95. The van der Waals surface area contributed by atoms with Gasteiger partial charge in [0.2, 0.25) is 5.91 Å². The van der Waals surface area contributed by atoms with Gasteiger partial charge in [-0.3, -0.25) is 9.36 Å². The molecule has 0 radical (unpaired) electrons. The predicted octanol–water partition coefficient (Wildman–Crippen LogP) is 1.07. The molecule has 2 aliphatic heterocycles. The number of hydrogen-bond acceptors (Lipinski definition) is 5. The molecule has 1 spiro atoms. The number of likely N-dealkylation sites (tertiary alicyclic amines) is 1. The number of rotatable bonds is 4. The van der Waals surface area contributed by atoms with Crippen LogP contribution in [-0.4, -0.2) is 55.3 Å². The molecule has 0 aliphatic carbocycles. The number of hydrogen-bond donors (Lipinski definition) is 1. The molecule has 2 aliphatic rings. The Morgan fingerprint density at radius 3 is 2.88 bits per heavy atom. The van der Waals surface area contributed by atoms with Gasteiger partial charge in [-0.1, -0.05) is 12.1 Å². The molecule has 1 amide bonds. The zero-order chi connectivity index (χ0) is 18.1. The molecule has 0 saturated carbocycles. The van der Waals surface area contributed by atoms with E-state index in [-0.39, 0.29) is 17.9 Å². The topological polar surface area (TPSA) is 76.7 Å². The zero-order valence-corrected chi connectivity index (χ0v) is 15.1. The molecule has 0 bridgehead atoms. The minimum absolute atomic E-state index is 0.0177. The first kappa shape index (κ1) is 17.3. The van der Waals surface area contributed by atoms with E-state index in [1.54, 1.807) is 19.2 Å². The number of aromatic nitrogens is 1. The van der Waals surface area contributed by atoms with Crippen molar-refractivity contribution in [3.63, 3.8) is 0 Å². The summed E-state index contributed by atoms with van der Waals surface area (Å²) in [6.07, 6.45) is 2.11. The Labute approximate surface area is 151 Å². The van der Waals surface area contributed by atoms with Crippen LogP contribution in [0.1, 0.15) is 12.8 Å². The number of ether oxygens (including phenoxy) is 1. The van der Waals surface area contributed by atoms with Crippen LogP contribution < -0.4 is 11.1 Å². The number of para-hydroxylation sites is 2. The molecule has 1 unspecified atom stereocenters. The van der Waals surface area contributed by atoms with Gasteiger partial charge in [-0.15, -0.1) is 0 Å². The zero-order valence-electron chi connectivity index (χ0n) is 15.1. The lowest BCUT2D eigenvalue weighted by Gasteiger charge is -2.38. The van der Waals surface area contributed by atoms with Gasteiger partial charge in [-0.2, -0.15) is 0 Å². The number of oxazole rings is 1. The minimum Gasteiger partial charge on any atom is -0.408 e. The summed E-state index contributed by atoms with van der Waals surface area (Å²) in [5, 5.41) is 3.40. The normalized spacial score (nSPS) is 22.3. The standard InChI is InChI=1S/C19H25N3O4/c1-25-12-14-10-21(13-19(14)6-8-20-9-7-19)17(23)11-22-15-4-2-3-5-16(15)26-18(22)24/h2-5,14,20H,6-13H2,1H3. The van der Waals surface area contributed by atoms with E-state index in [0.29, 0.717) is 30.2 Å². The predicted molar refractivity (Wildman–Crippen MR) is 97.0 cm³/mol. The largest absolute Gasteiger partial charge is 0.420 e. The molecule has 4 rings (SSSR count). The van der Waals surface area contributed by atoms with Crippen molar-refractivity contribution < 1.29 is 13.9 Å². The Balaban J connectivity index is 1.55. The van der Waals surface area contributed by atoms with Gasteiger partial charge in [0.15, 0.2) is 5.58 Å². The van der Waals surface area contributed by atoms with Crippen LogP contribution in [0.5, 0.6) is 0 Å². The van der Waals surface area contributed by atoms with Crippen LogP contribution in [0.2, 0.25) is 0 Å². The smallest absolute Gasteiger partial charge is 0.408 e. The monoisotopic (exact) mass is 359 g/mol. The van der Waals surface area contributed by atoms with Crippen LogP contribution in [-0.2, 0) is 16.1 Å². The fourth-order valence-electron chi connectivity index (χ4n) is 4.54. The van der Waals surface area contributed by atoms with E-state index in [0.717, 1.165) is 32.5 Å². The molecule has 1 aromatic carbocycles. The van der Waals surface area contributed by atoms with E-state index in [9.17, 15) is 9.59 Å². The number of piperidine rings is 1. The second-order valence-corrected chi connectivity index (χ2v) is 7.46. The summed E-state index contributed by atoms with van der Waals surface area (Å²) in [7, 11) is 1.72.